The van der Waals surface area contributed by atoms with Crippen LogP contribution in [0.2, 0.25) is 0 Å². The third-order valence-electron chi connectivity index (χ3n) is 4.71. The summed E-state index contributed by atoms with van der Waals surface area (Å²) in [5, 5.41) is 29.3. The third kappa shape index (κ3) is 5.54. The maximum atomic E-state index is 12.8. The summed E-state index contributed by atoms with van der Waals surface area (Å²) in [6, 6.07) is 2.07. The molecule has 1 saturated heterocycles. The number of carbonyl (C=O) groups excluding carboxylic acids is 1. The lowest BCUT2D eigenvalue weighted by Crippen LogP contribution is -2.47. The number of amides is 1. The number of piperidine rings is 1. The highest BCUT2D eigenvalue weighted by molar-refractivity contribution is 7.89. The van der Waals surface area contributed by atoms with Crippen molar-refractivity contribution in [3.8, 4) is 0 Å². The summed E-state index contributed by atoms with van der Waals surface area (Å²) in [6.07, 6.45) is 0.594. The van der Waals surface area contributed by atoms with Crippen molar-refractivity contribution >= 4 is 33.8 Å². The zero-order valence-corrected chi connectivity index (χ0v) is 16.7. The van der Waals surface area contributed by atoms with Crippen molar-refractivity contribution in [2.45, 2.75) is 49.1 Å². The lowest BCUT2D eigenvalue weighted by molar-refractivity contribution is -0.143. The van der Waals surface area contributed by atoms with Gasteiger partial charge in [0.2, 0.25) is 10.0 Å². The number of sulfonamides is 1. The van der Waals surface area contributed by atoms with Crippen LogP contribution in [0.15, 0.2) is 29.2 Å². The molecule has 1 aromatic rings. The van der Waals surface area contributed by atoms with Crippen LogP contribution in [0.1, 0.15) is 42.5 Å². The molecule has 4 N–H and O–H groups in total. The quantitative estimate of drug-likeness (QED) is 0.420. The van der Waals surface area contributed by atoms with Crippen molar-refractivity contribution in [1.82, 2.24) is 9.62 Å². The summed E-state index contributed by atoms with van der Waals surface area (Å²) < 4.78 is 26.6. The highest BCUT2D eigenvalue weighted by Gasteiger charge is 2.37. The number of carbonyl (C=O) groups is 4. The molecular formula is C18H22N2O9S. The van der Waals surface area contributed by atoms with E-state index in [1.807, 2.05) is 0 Å². The van der Waals surface area contributed by atoms with E-state index in [0.29, 0.717) is 12.8 Å². The van der Waals surface area contributed by atoms with Crippen molar-refractivity contribution in [1.29, 1.82) is 0 Å². The van der Waals surface area contributed by atoms with Crippen molar-refractivity contribution in [3.05, 3.63) is 29.8 Å². The number of rotatable bonds is 9. The Hall–Kier alpha value is -2.99. The second-order valence-corrected chi connectivity index (χ2v) is 8.68. The van der Waals surface area contributed by atoms with E-state index >= 15 is 0 Å². The highest BCUT2D eigenvalue weighted by atomic mass is 32.2. The molecule has 1 fully saturated rings. The van der Waals surface area contributed by atoms with Gasteiger partial charge in [0, 0.05) is 18.5 Å². The molecule has 1 unspecified atom stereocenters. The Morgan fingerprint density at radius 1 is 1.07 bits per heavy atom. The van der Waals surface area contributed by atoms with Crippen molar-refractivity contribution in [3.63, 3.8) is 0 Å². The average Bonchev–Trinajstić information content (AvgIpc) is 2.70. The van der Waals surface area contributed by atoms with Gasteiger partial charge in [0.15, 0.2) is 0 Å². The number of hydrogen-bond donors (Lipinski definition) is 4. The summed E-state index contributed by atoms with van der Waals surface area (Å²) in [5.74, 6) is -4.63. The van der Waals surface area contributed by atoms with Gasteiger partial charge in [0.1, 0.15) is 12.1 Å². The Balaban J connectivity index is 2.16. The maximum absolute atomic E-state index is 12.8. The normalized spacial score (nSPS) is 18.3. The molecule has 11 nitrogen and oxygen atoms in total. The fourth-order valence-corrected chi connectivity index (χ4v) is 4.77. The fourth-order valence-electron chi connectivity index (χ4n) is 3.12. The lowest BCUT2D eigenvalue weighted by Gasteiger charge is -2.31. The topological polar surface area (TPSA) is 178 Å². The molecular weight excluding hydrogens is 420 g/mol. The molecule has 0 aromatic heterocycles. The van der Waals surface area contributed by atoms with E-state index < -0.39 is 52.3 Å². The van der Waals surface area contributed by atoms with Gasteiger partial charge in [-0.2, -0.15) is 4.31 Å². The summed E-state index contributed by atoms with van der Waals surface area (Å²) in [5.41, 5.74) is -0.0241. The van der Waals surface area contributed by atoms with Crippen LogP contribution < -0.4 is 5.32 Å². The number of nitrogens with one attached hydrogen (secondary N) is 1. The number of nitrogens with zero attached hydrogens (tertiary/aromatic N) is 1. The largest absolute Gasteiger partial charge is 0.481 e. The van der Waals surface area contributed by atoms with Crippen LogP contribution in [-0.4, -0.2) is 70.5 Å². The van der Waals surface area contributed by atoms with Crippen LogP contribution >= 0.6 is 0 Å². The minimum absolute atomic E-state index is 0.0241. The van der Waals surface area contributed by atoms with E-state index in [1.54, 1.807) is 0 Å². The Labute approximate surface area is 172 Å². The second kappa shape index (κ2) is 9.67. The van der Waals surface area contributed by atoms with Crippen LogP contribution in [-0.2, 0) is 24.4 Å². The summed E-state index contributed by atoms with van der Waals surface area (Å²) in [7, 11) is -4.09. The number of benzene rings is 1. The average molecular weight is 442 g/mol. The molecule has 0 aliphatic carbocycles. The van der Waals surface area contributed by atoms with Crippen LogP contribution in [0, 0.1) is 0 Å². The summed E-state index contributed by atoms with van der Waals surface area (Å²) >= 11 is 0. The molecule has 1 aromatic carbocycles. The molecule has 30 heavy (non-hydrogen) atoms. The minimum Gasteiger partial charge on any atom is -0.481 e. The fraction of sp³-hybridized carbons (Fsp3) is 0.444. The maximum Gasteiger partial charge on any atom is 0.326 e. The Kier molecular flexibility index (Phi) is 7.51. The molecule has 1 aliphatic heterocycles. The van der Waals surface area contributed by atoms with Crippen molar-refractivity contribution < 1.29 is 42.9 Å². The number of hydrogen-bond acceptors (Lipinski definition) is 6. The van der Waals surface area contributed by atoms with E-state index in [2.05, 4.69) is 5.32 Å². The molecule has 0 spiro atoms. The van der Waals surface area contributed by atoms with Gasteiger partial charge in [0.05, 0.1) is 4.90 Å². The van der Waals surface area contributed by atoms with Gasteiger partial charge in [-0.05, 0) is 49.9 Å². The van der Waals surface area contributed by atoms with Crippen molar-refractivity contribution in [2.24, 2.45) is 0 Å². The SMILES string of the molecule is O=C(O)CC[C@H](NC(=O)c1ccc(S(=O)(=O)N2CCCCC2C(=O)O)cc1)C(=O)O. The van der Waals surface area contributed by atoms with Crippen LogP contribution in [0.3, 0.4) is 0 Å². The third-order valence-corrected chi connectivity index (χ3v) is 6.63. The molecule has 1 heterocycles. The Bertz CT molecular complexity index is 927. The second-order valence-electron chi connectivity index (χ2n) is 6.79. The highest BCUT2D eigenvalue weighted by Crippen LogP contribution is 2.25. The molecule has 1 amide bonds. The minimum atomic E-state index is -4.09. The summed E-state index contributed by atoms with van der Waals surface area (Å²) in [6.45, 7) is 0.0748. The Morgan fingerprint density at radius 2 is 1.70 bits per heavy atom. The first-order chi connectivity index (χ1) is 14.0. The van der Waals surface area contributed by atoms with E-state index in [-0.39, 0.29) is 29.8 Å². The van der Waals surface area contributed by atoms with Gasteiger partial charge < -0.3 is 20.6 Å². The van der Waals surface area contributed by atoms with Gasteiger partial charge in [-0.3, -0.25) is 14.4 Å². The van der Waals surface area contributed by atoms with E-state index in [0.717, 1.165) is 16.4 Å². The van der Waals surface area contributed by atoms with Gasteiger partial charge in [-0.25, -0.2) is 13.2 Å². The molecule has 2 rings (SSSR count). The van der Waals surface area contributed by atoms with Gasteiger partial charge >= 0.3 is 17.9 Å². The van der Waals surface area contributed by atoms with Gasteiger partial charge in [0.25, 0.3) is 5.91 Å². The van der Waals surface area contributed by atoms with Crippen LogP contribution in [0.4, 0.5) is 0 Å². The monoisotopic (exact) mass is 442 g/mol. The molecule has 2 atom stereocenters. The molecule has 12 heteroatoms. The summed E-state index contributed by atoms with van der Waals surface area (Å²) in [4.78, 5) is 45.2. The van der Waals surface area contributed by atoms with E-state index in [9.17, 15) is 32.7 Å². The van der Waals surface area contributed by atoms with Crippen molar-refractivity contribution in [2.75, 3.05) is 6.54 Å². The number of carboxylic acids is 3. The number of carboxylic acid groups (broad SMARTS) is 3. The van der Waals surface area contributed by atoms with E-state index in [1.165, 1.54) is 12.1 Å². The zero-order chi connectivity index (χ0) is 22.5. The van der Waals surface area contributed by atoms with Crippen LogP contribution in [0.25, 0.3) is 0 Å². The predicted octanol–water partition coefficient (Wildman–Crippen LogP) is 0.362. The predicted molar refractivity (Wildman–Crippen MR) is 101 cm³/mol. The lowest BCUT2D eigenvalue weighted by atomic mass is 10.1. The standard InChI is InChI=1S/C18H22N2O9S/c21-15(22)9-8-13(17(24)25)19-16(23)11-4-6-12(7-5-11)30(28,29)20-10-2-1-3-14(20)18(26)27/h4-7,13-14H,1-3,8-10H2,(H,19,23)(H,21,22)(H,24,25)(H,26,27)/t13-,14?/m0/s1. The first kappa shape index (κ1) is 23.3. The first-order valence-electron chi connectivity index (χ1n) is 9.14. The van der Waals surface area contributed by atoms with Gasteiger partial charge in [-0.15, -0.1) is 0 Å². The smallest absolute Gasteiger partial charge is 0.326 e. The first-order valence-corrected chi connectivity index (χ1v) is 10.6. The molecule has 164 valence electrons. The molecule has 0 saturated carbocycles. The molecule has 1 aliphatic rings. The molecule has 0 radical (unpaired) electrons. The van der Waals surface area contributed by atoms with Gasteiger partial charge in [-0.1, -0.05) is 0 Å². The molecule has 0 bridgehead atoms. The van der Waals surface area contributed by atoms with Crippen LogP contribution in [0.5, 0.6) is 0 Å². The Morgan fingerprint density at radius 3 is 2.23 bits per heavy atom. The zero-order valence-electron chi connectivity index (χ0n) is 15.9. The number of aliphatic carboxylic acids is 3. The van der Waals surface area contributed by atoms with E-state index in [4.69, 9.17) is 10.2 Å².